The number of fused-ring (bicyclic) bond motifs is 1. The molecule has 1 heterocycles. The zero-order valence-electron chi connectivity index (χ0n) is 13.3. The van der Waals surface area contributed by atoms with E-state index in [1.807, 2.05) is 13.8 Å². The lowest BCUT2D eigenvalue weighted by Gasteiger charge is -2.26. The van der Waals surface area contributed by atoms with Gasteiger partial charge in [0.2, 0.25) is 0 Å². The predicted molar refractivity (Wildman–Crippen MR) is 78.6 cm³/mol. The maximum atomic E-state index is 12.2. The lowest BCUT2D eigenvalue weighted by Crippen LogP contribution is -2.40. The van der Waals surface area contributed by atoms with Gasteiger partial charge in [-0.2, -0.15) is 8.42 Å². The van der Waals surface area contributed by atoms with Crippen LogP contribution in [-0.4, -0.2) is 44.4 Å². The Bertz CT molecular complexity index is 678. The van der Waals surface area contributed by atoms with Crippen molar-refractivity contribution in [3.05, 3.63) is 12.2 Å². The number of hydrogen-bond donors (Lipinski definition) is 0. The van der Waals surface area contributed by atoms with Crippen LogP contribution in [0, 0.1) is 17.3 Å². The van der Waals surface area contributed by atoms with Gasteiger partial charge in [-0.15, -0.1) is 0 Å². The predicted octanol–water partition coefficient (Wildman–Crippen LogP) is 0.791. The molecule has 3 rings (SSSR count). The van der Waals surface area contributed by atoms with E-state index in [0.29, 0.717) is 6.42 Å². The second kappa shape index (κ2) is 5.04. The Morgan fingerprint density at radius 1 is 1.35 bits per heavy atom. The van der Waals surface area contributed by atoms with Gasteiger partial charge in [-0.3, -0.25) is 4.18 Å². The number of carbonyl (C=O) groups is 2. The molecule has 23 heavy (non-hydrogen) atoms. The number of rotatable bonds is 4. The quantitative estimate of drug-likeness (QED) is 0.422. The molecule has 1 aliphatic heterocycles. The van der Waals surface area contributed by atoms with Crippen molar-refractivity contribution in [2.24, 2.45) is 17.3 Å². The summed E-state index contributed by atoms with van der Waals surface area (Å²) in [6.45, 7) is 8.28. The molecule has 8 heteroatoms. The average Bonchev–Trinajstić information content (AvgIpc) is 2.88. The lowest BCUT2D eigenvalue weighted by molar-refractivity contribution is -0.162. The van der Waals surface area contributed by atoms with Crippen LogP contribution in [0.4, 0.5) is 0 Å². The molecule has 2 bridgehead atoms. The maximum absolute atomic E-state index is 12.2. The molecule has 0 amide bonds. The molecule has 0 aromatic heterocycles. The Morgan fingerprint density at radius 3 is 2.61 bits per heavy atom. The first kappa shape index (κ1) is 16.4. The van der Waals surface area contributed by atoms with Gasteiger partial charge in [0.05, 0.1) is 6.10 Å². The standard InChI is InChI=1S/C15H20O7S/c1-7(2)14(17)20-6-10(16)21-12-8-5-9-11(15(8,3)4)13(12)23(18,19)22-9/h8-9,11-13H,1,5-6H2,2-4H3. The van der Waals surface area contributed by atoms with E-state index in [4.69, 9.17) is 13.7 Å². The summed E-state index contributed by atoms with van der Waals surface area (Å²) in [7, 11) is -3.74. The fourth-order valence-electron chi connectivity index (χ4n) is 4.31. The van der Waals surface area contributed by atoms with Crippen LogP contribution < -0.4 is 0 Å². The molecule has 5 atom stereocenters. The van der Waals surface area contributed by atoms with Crippen molar-refractivity contribution in [1.29, 1.82) is 0 Å². The van der Waals surface area contributed by atoms with Gasteiger partial charge in [-0.05, 0) is 18.8 Å². The average molecular weight is 344 g/mol. The van der Waals surface area contributed by atoms with Gasteiger partial charge in [0.25, 0.3) is 10.1 Å². The molecule has 2 saturated carbocycles. The number of hydrogen-bond acceptors (Lipinski definition) is 7. The van der Waals surface area contributed by atoms with Crippen LogP contribution in [0.3, 0.4) is 0 Å². The van der Waals surface area contributed by atoms with Gasteiger partial charge in [-0.25, -0.2) is 9.59 Å². The van der Waals surface area contributed by atoms with Crippen molar-refractivity contribution < 1.29 is 31.7 Å². The fourth-order valence-corrected chi connectivity index (χ4v) is 6.44. The number of esters is 2. The van der Waals surface area contributed by atoms with Crippen molar-refractivity contribution in [2.75, 3.05) is 6.61 Å². The first-order valence-corrected chi connectivity index (χ1v) is 8.97. The van der Waals surface area contributed by atoms with E-state index in [9.17, 15) is 18.0 Å². The number of carbonyl (C=O) groups excluding carboxylic acids is 2. The van der Waals surface area contributed by atoms with Crippen molar-refractivity contribution in [3.63, 3.8) is 0 Å². The van der Waals surface area contributed by atoms with Gasteiger partial charge >= 0.3 is 11.9 Å². The molecule has 5 unspecified atom stereocenters. The molecular weight excluding hydrogens is 324 g/mol. The van der Waals surface area contributed by atoms with Crippen LogP contribution in [0.25, 0.3) is 0 Å². The minimum atomic E-state index is -3.74. The molecule has 2 aliphatic carbocycles. The summed E-state index contributed by atoms with van der Waals surface area (Å²) < 4.78 is 39.7. The Balaban J connectivity index is 1.72. The lowest BCUT2D eigenvalue weighted by atomic mass is 9.81. The van der Waals surface area contributed by atoms with Gasteiger partial charge in [0.1, 0.15) is 11.4 Å². The highest BCUT2D eigenvalue weighted by molar-refractivity contribution is 7.87. The molecule has 1 saturated heterocycles. The normalized spacial score (nSPS) is 38.3. The number of ether oxygens (including phenoxy) is 2. The van der Waals surface area contributed by atoms with E-state index in [1.54, 1.807) is 0 Å². The van der Waals surface area contributed by atoms with Crippen LogP contribution in [-0.2, 0) is 33.4 Å². The van der Waals surface area contributed by atoms with Crippen molar-refractivity contribution in [1.82, 2.24) is 0 Å². The van der Waals surface area contributed by atoms with Crippen LogP contribution in [0.1, 0.15) is 27.2 Å². The third-order valence-corrected chi connectivity index (χ3v) is 7.05. The molecule has 0 spiro atoms. The van der Waals surface area contributed by atoms with Crippen LogP contribution in [0.5, 0.6) is 0 Å². The fraction of sp³-hybridized carbons (Fsp3) is 0.733. The van der Waals surface area contributed by atoms with E-state index in [1.165, 1.54) is 6.92 Å². The van der Waals surface area contributed by atoms with Gasteiger partial charge < -0.3 is 9.47 Å². The topological polar surface area (TPSA) is 96.0 Å². The third-order valence-electron chi connectivity index (χ3n) is 5.30. The summed E-state index contributed by atoms with van der Waals surface area (Å²) in [5.74, 6) is -1.70. The second-order valence-corrected chi connectivity index (χ2v) is 8.81. The summed E-state index contributed by atoms with van der Waals surface area (Å²) in [6.07, 6.45) is -0.521. The first-order valence-electron chi connectivity index (χ1n) is 7.50. The highest BCUT2D eigenvalue weighted by Crippen LogP contribution is 2.64. The van der Waals surface area contributed by atoms with Gasteiger partial charge in [-0.1, -0.05) is 20.4 Å². The Labute approximate surface area is 135 Å². The molecule has 3 aliphatic rings. The van der Waals surface area contributed by atoms with Crippen molar-refractivity contribution >= 4 is 22.1 Å². The highest BCUT2D eigenvalue weighted by atomic mass is 32.2. The van der Waals surface area contributed by atoms with E-state index >= 15 is 0 Å². The molecule has 128 valence electrons. The smallest absolute Gasteiger partial charge is 0.344 e. The monoisotopic (exact) mass is 344 g/mol. The van der Waals surface area contributed by atoms with E-state index in [0.717, 1.165) is 0 Å². The summed E-state index contributed by atoms with van der Waals surface area (Å²) >= 11 is 0. The van der Waals surface area contributed by atoms with Gasteiger partial charge in [0.15, 0.2) is 6.61 Å². The summed E-state index contributed by atoms with van der Waals surface area (Å²) in [5.41, 5.74) is -0.105. The highest BCUT2D eigenvalue weighted by Gasteiger charge is 2.73. The summed E-state index contributed by atoms with van der Waals surface area (Å²) in [4.78, 5) is 23.2. The molecule has 0 radical (unpaired) electrons. The molecule has 7 nitrogen and oxygen atoms in total. The molecule has 0 aromatic carbocycles. The molecule has 0 N–H and O–H groups in total. The Kier molecular flexibility index (Phi) is 3.61. The molecule has 0 aromatic rings. The molecule has 3 fully saturated rings. The minimum Gasteiger partial charge on any atom is -0.458 e. The SMILES string of the molecule is C=C(C)C(=O)OCC(=O)OC1C2CC3OS(=O)(=O)C1C3C2(C)C. The summed E-state index contributed by atoms with van der Waals surface area (Å²) in [5, 5.41) is -0.831. The van der Waals surface area contributed by atoms with Crippen molar-refractivity contribution in [3.8, 4) is 0 Å². The zero-order valence-corrected chi connectivity index (χ0v) is 14.1. The Hall–Kier alpha value is -1.41. The maximum Gasteiger partial charge on any atom is 0.344 e. The third kappa shape index (κ3) is 2.39. The Morgan fingerprint density at radius 2 is 2.00 bits per heavy atom. The largest absolute Gasteiger partial charge is 0.458 e. The van der Waals surface area contributed by atoms with Crippen LogP contribution in [0.15, 0.2) is 12.2 Å². The van der Waals surface area contributed by atoms with Gasteiger partial charge in [0, 0.05) is 17.4 Å². The summed E-state index contributed by atoms with van der Waals surface area (Å²) in [6, 6.07) is 0. The van der Waals surface area contributed by atoms with E-state index < -0.39 is 40.0 Å². The van der Waals surface area contributed by atoms with Crippen LogP contribution >= 0.6 is 0 Å². The van der Waals surface area contributed by atoms with Crippen molar-refractivity contribution in [2.45, 2.75) is 44.6 Å². The van der Waals surface area contributed by atoms with E-state index in [2.05, 4.69) is 6.58 Å². The zero-order chi connectivity index (χ0) is 17.2. The van der Waals surface area contributed by atoms with E-state index in [-0.39, 0.29) is 28.9 Å². The first-order chi connectivity index (χ1) is 10.6. The van der Waals surface area contributed by atoms with Crippen LogP contribution in [0.2, 0.25) is 0 Å². The second-order valence-electron chi connectivity index (χ2n) is 7.09. The molecular formula is C15H20O7S. The minimum absolute atomic E-state index is 0.0828.